The third-order valence-electron chi connectivity index (χ3n) is 2.74. The monoisotopic (exact) mass is 241 g/mol. The molecule has 0 saturated carbocycles. The largest absolute Gasteiger partial charge is 0.309 e. The second-order valence-electron chi connectivity index (χ2n) is 5.43. The molecule has 0 aliphatic heterocycles. The van der Waals surface area contributed by atoms with Gasteiger partial charge in [0.25, 0.3) is 0 Å². The van der Waals surface area contributed by atoms with Crippen molar-refractivity contribution in [2.75, 3.05) is 6.54 Å². The summed E-state index contributed by atoms with van der Waals surface area (Å²) in [6, 6.07) is 4.15. The molecule has 0 heterocycles. The van der Waals surface area contributed by atoms with Crippen LogP contribution in [0.3, 0.4) is 0 Å². The molecule has 0 bridgehead atoms. The van der Waals surface area contributed by atoms with Gasteiger partial charge < -0.3 is 5.32 Å². The molecule has 0 aromatic heterocycles. The lowest BCUT2D eigenvalue weighted by Gasteiger charge is -2.32. The molecular formula is C14H21F2N. The number of rotatable bonds is 4. The van der Waals surface area contributed by atoms with Gasteiger partial charge in [0.15, 0.2) is 11.6 Å². The highest BCUT2D eigenvalue weighted by atomic mass is 19.2. The number of benzene rings is 1. The average Bonchev–Trinajstić information content (AvgIpc) is 2.22. The van der Waals surface area contributed by atoms with Crippen molar-refractivity contribution < 1.29 is 8.78 Å². The summed E-state index contributed by atoms with van der Waals surface area (Å²) in [5.74, 6) is -1.58. The van der Waals surface area contributed by atoms with Crippen molar-refractivity contribution in [1.82, 2.24) is 5.32 Å². The lowest BCUT2D eigenvalue weighted by Crippen LogP contribution is -2.33. The first-order valence-corrected chi connectivity index (χ1v) is 6.04. The quantitative estimate of drug-likeness (QED) is 0.838. The zero-order valence-corrected chi connectivity index (χ0v) is 11.0. The van der Waals surface area contributed by atoms with Gasteiger partial charge in [0, 0.05) is 6.04 Å². The van der Waals surface area contributed by atoms with E-state index in [4.69, 9.17) is 0 Å². The first-order chi connectivity index (χ1) is 7.86. The number of halogens is 2. The summed E-state index contributed by atoms with van der Waals surface area (Å²) in [5, 5.41) is 3.38. The van der Waals surface area contributed by atoms with Gasteiger partial charge in [-0.05, 0) is 36.1 Å². The van der Waals surface area contributed by atoms with E-state index < -0.39 is 11.6 Å². The Labute approximate surface area is 102 Å². The predicted octanol–water partition coefficient (Wildman–Crippen LogP) is 4.05. The maximum Gasteiger partial charge on any atom is 0.159 e. The van der Waals surface area contributed by atoms with Crippen molar-refractivity contribution in [3.05, 3.63) is 35.4 Å². The summed E-state index contributed by atoms with van der Waals surface area (Å²) in [7, 11) is 0. The van der Waals surface area contributed by atoms with E-state index in [0.717, 1.165) is 18.5 Å². The predicted molar refractivity (Wildman–Crippen MR) is 66.8 cm³/mol. The van der Waals surface area contributed by atoms with Crippen molar-refractivity contribution in [2.45, 2.75) is 40.2 Å². The highest BCUT2D eigenvalue weighted by Crippen LogP contribution is 2.33. The summed E-state index contributed by atoms with van der Waals surface area (Å²) < 4.78 is 26.2. The van der Waals surface area contributed by atoms with Gasteiger partial charge in [-0.3, -0.25) is 0 Å². The van der Waals surface area contributed by atoms with Crippen molar-refractivity contribution in [2.24, 2.45) is 5.41 Å². The number of hydrogen-bond acceptors (Lipinski definition) is 1. The Morgan fingerprint density at radius 3 is 2.29 bits per heavy atom. The summed E-state index contributed by atoms with van der Waals surface area (Å²) in [4.78, 5) is 0. The van der Waals surface area contributed by atoms with Gasteiger partial charge in [-0.15, -0.1) is 0 Å². The molecule has 0 fully saturated rings. The third kappa shape index (κ3) is 3.77. The first kappa shape index (κ1) is 14.1. The topological polar surface area (TPSA) is 12.0 Å². The molecule has 0 radical (unpaired) electrons. The van der Waals surface area contributed by atoms with Crippen LogP contribution in [0.15, 0.2) is 18.2 Å². The van der Waals surface area contributed by atoms with Crippen molar-refractivity contribution in [3.8, 4) is 0 Å². The molecule has 1 N–H and O–H groups in total. The van der Waals surface area contributed by atoms with Crippen LogP contribution in [-0.2, 0) is 0 Å². The molecule has 96 valence electrons. The minimum Gasteiger partial charge on any atom is -0.309 e. The molecule has 0 aliphatic carbocycles. The van der Waals surface area contributed by atoms with Gasteiger partial charge in [0.1, 0.15) is 0 Å². The molecule has 1 aromatic rings. The van der Waals surface area contributed by atoms with E-state index in [-0.39, 0.29) is 11.5 Å². The zero-order valence-electron chi connectivity index (χ0n) is 11.0. The van der Waals surface area contributed by atoms with E-state index in [1.807, 2.05) is 0 Å². The Morgan fingerprint density at radius 1 is 1.18 bits per heavy atom. The third-order valence-corrected chi connectivity index (χ3v) is 2.74. The van der Waals surface area contributed by atoms with E-state index in [1.165, 1.54) is 12.1 Å². The Bertz CT molecular complexity index is 369. The fourth-order valence-corrected chi connectivity index (χ4v) is 1.90. The first-order valence-electron chi connectivity index (χ1n) is 6.04. The van der Waals surface area contributed by atoms with Crippen LogP contribution in [0, 0.1) is 17.0 Å². The van der Waals surface area contributed by atoms with Gasteiger partial charge in [0.2, 0.25) is 0 Å². The molecule has 0 saturated heterocycles. The fourth-order valence-electron chi connectivity index (χ4n) is 1.90. The number of nitrogens with one attached hydrogen (secondary N) is 1. The Kier molecular flexibility index (Phi) is 4.63. The van der Waals surface area contributed by atoms with Gasteiger partial charge >= 0.3 is 0 Å². The molecule has 1 nitrogen and oxygen atoms in total. The molecule has 1 aromatic carbocycles. The maximum absolute atomic E-state index is 13.2. The molecular weight excluding hydrogens is 220 g/mol. The molecule has 1 atom stereocenters. The van der Waals surface area contributed by atoms with Crippen molar-refractivity contribution >= 4 is 0 Å². The minimum atomic E-state index is -0.795. The van der Waals surface area contributed by atoms with Crippen LogP contribution in [0.5, 0.6) is 0 Å². The standard InChI is InChI=1S/C14H21F2N/c1-5-8-17-13(14(2,3)4)10-6-7-11(15)12(16)9-10/h6-7,9,13,17H,5,8H2,1-4H3. The molecule has 3 heteroatoms. The smallest absolute Gasteiger partial charge is 0.159 e. The van der Waals surface area contributed by atoms with Crippen LogP contribution >= 0.6 is 0 Å². The molecule has 0 aliphatic rings. The van der Waals surface area contributed by atoms with Crippen molar-refractivity contribution in [3.63, 3.8) is 0 Å². The van der Waals surface area contributed by atoms with Gasteiger partial charge in [-0.2, -0.15) is 0 Å². The number of hydrogen-bond donors (Lipinski definition) is 1. The zero-order chi connectivity index (χ0) is 13.1. The summed E-state index contributed by atoms with van der Waals surface area (Å²) in [6.07, 6.45) is 1.01. The minimum absolute atomic E-state index is 0.0255. The van der Waals surface area contributed by atoms with Crippen molar-refractivity contribution in [1.29, 1.82) is 0 Å². The normalized spacial score (nSPS) is 13.8. The Morgan fingerprint density at radius 2 is 1.82 bits per heavy atom. The maximum atomic E-state index is 13.2. The van der Waals surface area contributed by atoms with E-state index in [0.29, 0.717) is 0 Å². The van der Waals surface area contributed by atoms with Crippen LogP contribution in [-0.4, -0.2) is 6.54 Å². The summed E-state index contributed by atoms with van der Waals surface area (Å²) >= 11 is 0. The van der Waals surface area contributed by atoms with Crippen LogP contribution < -0.4 is 5.32 Å². The highest BCUT2D eigenvalue weighted by molar-refractivity contribution is 5.23. The van der Waals surface area contributed by atoms with Gasteiger partial charge in [0.05, 0.1) is 0 Å². The fraction of sp³-hybridized carbons (Fsp3) is 0.571. The van der Waals surface area contributed by atoms with Gasteiger partial charge in [-0.25, -0.2) is 8.78 Å². The second-order valence-corrected chi connectivity index (χ2v) is 5.43. The molecule has 1 unspecified atom stereocenters. The molecule has 0 spiro atoms. The van der Waals surface area contributed by atoms with E-state index in [1.54, 1.807) is 6.07 Å². The highest BCUT2D eigenvalue weighted by Gasteiger charge is 2.26. The SMILES string of the molecule is CCCNC(c1ccc(F)c(F)c1)C(C)(C)C. The van der Waals surface area contributed by atoms with E-state index in [9.17, 15) is 8.78 Å². The molecule has 1 rings (SSSR count). The van der Waals surface area contributed by atoms with Gasteiger partial charge in [-0.1, -0.05) is 33.8 Å². The van der Waals surface area contributed by atoms with Crippen LogP contribution in [0.4, 0.5) is 8.78 Å². The van der Waals surface area contributed by atoms with Crippen LogP contribution in [0.25, 0.3) is 0 Å². The second kappa shape index (κ2) is 5.58. The van der Waals surface area contributed by atoms with E-state index >= 15 is 0 Å². The lowest BCUT2D eigenvalue weighted by atomic mass is 9.82. The molecule has 0 amide bonds. The lowest BCUT2D eigenvalue weighted by molar-refractivity contribution is 0.272. The Balaban J connectivity index is 3.00. The average molecular weight is 241 g/mol. The summed E-state index contributed by atoms with van der Waals surface area (Å²) in [6.45, 7) is 9.20. The summed E-state index contributed by atoms with van der Waals surface area (Å²) in [5.41, 5.74) is 0.754. The van der Waals surface area contributed by atoms with Crippen LogP contribution in [0.2, 0.25) is 0 Å². The molecule has 17 heavy (non-hydrogen) atoms. The van der Waals surface area contributed by atoms with E-state index in [2.05, 4.69) is 33.0 Å². The van der Waals surface area contributed by atoms with Crippen LogP contribution in [0.1, 0.15) is 45.7 Å². The Hall–Kier alpha value is -0.960.